The van der Waals surface area contributed by atoms with Crippen molar-refractivity contribution in [3.05, 3.63) is 18.0 Å². The lowest BCUT2D eigenvalue weighted by molar-refractivity contribution is 0.207. The van der Waals surface area contributed by atoms with Crippen molar-refractivity contribution in [2.45, 2.75) is 71.4 Å². The molecule has 1 heterocycles. The SMILES string of the molecule is CCC1CCCC(C(Cc2ccn(C(C)C)n2)NN)C1. The van der Waals surface area contributed by atoms with Crippen LogP contribution < -0.4 is 11.3 Å². The quantitative estimate of drug-likeness (QED) is 0.621. The molecule has 0 spiro atoms. The molecule has 4 heteroatoms. The molecule has 1 aliphatic rings. The van der Waals surface area contributed by atoms with Gasteiger partial charge in [0, 0.05) is 24.7 Å². The summed E-state index contributed by atoms with van der Waals surface area (Å²) in [4.78, 5) is 0. The summed E-state index contributed by atoms with van der Waals surface area (Å²) in [7, 11) is 0. The number of nitrogens with one attached hydrogen (secondary N) is 1. The van der Waals surface area contributed by atoms with Crippen LogP contribution in [0.25, 0.3) is 0 Å². The monoisotopic (exact) mass is 278 g/mol. The van der Waals surface area contributed by atoms with Gasteiger partial charge in [-0.25, -0.2) is 0 Å². The van der Waals surface area contributed by atoms with Crippen LogP contribution in [0.5, 0.6) is 0 Å². The van der Waals surface area contributed by atoms with Gasteiger partial charge in [-0.05, 0) is 44.6 Å². The standard InChI is InChI=1S/C16H30N4/c1-4-13-6-5-7-14(10-13)16(18-17)11-15-8-9-20(19-15)12(2)3/h8-9,12-14,16,18H,4-7,10-11,17H2,1-3H3. The Bertz CT molecular complexity index is 399. The molecular weight excluding hydrogens is 248 g/mol. The van der Waals surface area contributed by atoms with Gasteiger partial charge in [0.05, 0.1) is 5.69 Å². The maximum Gasteiger partial charge on any atom is 0.0640 e. The van der Waals surface area contributed by atoms with Crippen LogP contribution in [0.3, 0.4) is 0 Å². The first-order valence-electron chi connectivity index (χ1n) is 8.14. The van der Waals surface area contributed by atoms with Gasteiger partial charge in [-0.2, -0.15) is 5.10 Å². The zero-order chi connectivity index (χ0) is 14.5. The minimum absolute atomic E-state index is 0.361. The normalized spacial score (nSPS) is 25.1. The van der Waals surface area contributed by atoms with Gasteiger partial charge in [0.2, 0.25) is 0 Å². The Morgan fingerprint density at radius 2 is 2.25 bits per heavy atom. The summed E-state index contributed by atoms with van der Waals surface area (Å²) in [6.45, 7) is 6.62. The summed E-state index contributed by atoms with van der Waals surface area (Å²) >= 11 is 0. The molecule has 1 saturated carbocycles. The Labute approximate surface area is 123 Å². The summed E-state index contributed by atoms with van der Waals surface area (Å²) in [5, 5.41) is 4.65. The minimum Gasteiger partial charge on any atom is -0.271 e. The number of aromatic nitrogens is 2. The minimum atomic E-state index is 0.361. The maximum atomic E-state index is 5.82. The summed E-state index contributed by atoms with van der Waals surface area (Å²) in [6.07, 6.45) is 9.68. The van der Waals surface area contributed by atoms with Crippen molar-refractivity contribution in [3.8, 4) is 0 Å². The van der Waals surface area contributed by atoms with Crippen molar-refractivity contribution in [2.75, 3.05) is 0 Å². The van der Waals surface area contributed by atoms with Gasteiger partial charge < -0.3 is 0 Å². The van der Waals surface area contributed by atoms with Crippen LogP contribution in [0.4, 0.5) is 0 Å². The van der Waals surface area contributed by atoms with Gasteiger partial charge >= 0.3 is 0 Å². The van der Waals surface area contributed by atoms with Crippen LogP contribution in [0.15, 0.2) is 12.3 Å². The van der Waals surface area contributed by atoms with E-state index in [1.165, 1.54) is 32.1 Å². The first-order chi connectivity index (χ1) is 9.63. The zero-order valence-electron chi connectivity index (χ0n) is 13.2. The summed E-state index contributed by atoms with van der Waals surface area (Å²) < 4.78 is 2.03. The van der Waals surface area contributed by atoms with E-state index in [4.69, 9.17) is 5.84 Å². The van der Waals surface area contributed by atoms with Crippen molar-refractivity contribution in [2.24, 2.45) is 17.7 Å². The first kappa shape index (κ1) is 15.5. The molecule has 0 saturated heterocycles. The average Bonchev–Trinajstić information content (AvgIpc) is 2.93. The van der Waals surface area contributed by atoms with Gasteiger partial charge in [-0.3, -0.25) is 16.0 Å². The van der Waals surface area contributed by atoms with Crippen LogP contribution >= 0.6 is 0 Å². The second-order valence-corrected chi connectivity index (χ2v) is 6.56. The lowest BCUT2D eigenvalue weighted by atomic mass is 9.76. The van der Waals surface area contributed by atoms with Crippen LogP contribution in [0.1, 0.15) is 64.6 Å². The number of rotatable bonds is 6. The highest BCUT2D eigenvalue weighted by atomic mass is 15.3. The van der Waals surface area contributed by atoms with E-state index in [0.29, 0.717) is 18.0 Å². The molecule has 0 aliphatic heterocycles. The van der Waals surface area contributed by atoms with E-state index in [9.17, 15) is 0 Å². The fourth-order valence-corrected chi connectivity index (χ4v) is 3.43. The van der Waals surface area contributed by atoms with E-state index in [1.54, 1.807) is 0 Å². The van der Waals surface area contributed by atoms with Gasteiger partial charge in [-0.15, -0.1) is 0 Å². The molecule has 0 amide bonds. The third-order valence-corrected chi connectivity index (χ3v) is 4.81. The highest BCUT2D eigenvalue weighted by Crippen LogP contribution is 2.33. The Morgan fingerprint density at radius 1 is 1.45 bits per heavy atom. The second kappa shape index (κ2) is 7.23. The third kappa shape index (κ3) is 3.83. The Hall–Kier alpha value is -0.870. The predicted molar refractivity (Wildman–Crippen MR) is 83.2 cm³/mol. The smallest absolute Gasteiger partial charge is 0.0640 e. The van der Waals surface area contributed by atoms with Crippen LogP contribution in [0, 0.1) is 11.8 Å². The Morgan fingerprint density at radius 3 is 2.85 bits per heavy atom. The molecule has 1 fully saturated rings. The van der Waals surface area contributed by atoms with E-state index < -0.39 is 0 Å². The molecule has 1 aromatic heterocycles. The van der Waals surface area contributed by atoms with E-state index in [0.717, 1.165) is 18.0 Å². The Balaban J connectivity index is 1.97. The fraction of sp³-hybridized carbons (Fsp3) is 0.812. The molecule has 114 valence electrons. The summed E-state index contributed by atoms with van der Waals surface area (Å²) in [6, 6.07) is 2.91. The van der Waals surface area contributed by atoms with Gasteiger partial charge in [0.1, 0.15) is 0 Å². The van der Waals surface area contributed by atoms with E-state index >= 15 is 0 Å². The predicted octanol–water partition coefficient (Wildman–Crippen LogP) is 3.05. The van der Waals surface area contributed by atoms with Crippen molar-refractivity contribution in [3.63, 3.8) is 0 Å². The third-order valence-electron chi connectivity index (χ3n) is 4.81. The molecule has 20 heavy (non-hydrogen) atoms. The average molecular weight is 278 g/mol. The maximum absolute atomic E-state index is 5.82. The lowest BCUT2D eigenvalue weighted by Gasteiger charge is -2.33. The number of nitrogens with zero attached hydrogens (tertiary/aromatic N) is 2. The largest absolute Gasteiger partial charge is 0.271 e. The topological polar surface area (TPSA) is 55.9 Å². The number of hydrogen-bond acceptors (Lipinski definition) is 3. The van der Waals surface area contributed by atoms with E-state index in [2.05, 4.69) is 43.6 Å². The second-order valence-electron chi connectivity index (χ2n) is 6.56. The first-order valence-corrected chi connectivity index (χ1v) is 8.14. The number of hydrazine groups is 1. The Kier molecular flexibility index (Phi) is 5.61. The molecule has 0 aromatic carbocycles. The van der Waals surface area contributed by atoms with Gasteiger partial charge in [0.25, 0.3) is 0 Å². The van der Waals surface area contributed by atoms with Crippen molar-refractivity contribution in [1.29, 1.82) is 0 Å². The van der Waals surface area contributed by atoms with Crippen molar-refractivity contribution in [1.82, 2.24) is 15.2 Å². The van der Waals surface area contributed by atoms with Crippen molar-refractivity contribution >= 4 is 0 Å². The molecule has 1 aromatic rings. The molecule has 3 atom stereocenters. The van der Waals surface area contributed by atoms with E-state index in [1.807, 2.05) is 4.68 Å². The van der Waals surface area contributed by atoms with Crippen LogP contribution in [-0.2, 0) is 6.42 Å². The van der Waals surface area contributed by atoms with Crippen LogP contribution in [0.2, 0.25) is 0 Å². The molecule has 0 radical (unpaired) electrons. The molecule has 2 rings (SSSR count). The summed E-state index contributed by atoms with van der Waals surface area (Å²) in [5.74, 6) is 7.40. The van der Waals surface area contributed by atoms with E-state index in [-0.39, 0.29) is 0 Å². The van der Waals surface area contributed by atoms with Crippen molar-refractivity contribution < 1.29 is 0 Å². The fourth-order valence-electron chi connectivity index (χ4n) is 3.43. The highest BCUT2D eigenvalue weighted by molar-refractivity contribution is 5.03. The van der Waals surface area contributed by atoms with Gasteiger partial charge in [0.15, 0.2) is 0 Å². The molecule has 1 aliphatic carbocycles. The zero-order valence-corrected chi connectivity index (χ0v) is 13.2. The highest BCUT2D eigenvalue weighted by Gasteiger charge is 2.27. The molecular formula is C16H30N4. The molecule has 3 unspecified atom stereocenters. The number of hydrogen-bond donors (Lipinski definition) is 2. The lowest BCUT2D eigenvalue weighted by Crippen LogP contribution is -2.44. The summed E-state index contributed by atoms with van der Waals surface area (Å²) in [5.41, 5.74) is 4.21. The number of nitrogens with two attached hydrogens (primary N) is 1. The molecule has 0 bridgehead atoms. The molecule has 3 N–H and O–H groups in total. The van der Waals surface area contributed by atoms with Crippen LogP contribution in [-0.4, -0.2) is 15.8 Å². The van der Waals surface area contributed by atoms with Gasteiger partial charge in [-0.1, -0.05) is 26.2 Å². The molecule has 4 nitrogen and oxygen atoms in total.